The maximum atomic E-state index is 12.2. The highest BCUT2D eigenvalue weighted by Gasteiger charge is 2.35. The largest absolute Gasteiger partial charge is 0.378 e. The maximum Gasteiger partial charge on any atom is 0.235 e. The first-order valence-electron chi connectivity index (χ1n) is 12.7. The summed E-state index contributed by atoms with van der Waals surface area (Å²) in [7, 11) is -3.31. The Morgan fingerprint density at radius 2 is 1.58 bits per heavy atom. The number of nitrogens with two attached hydrogens (primary N) is 1. The second kappa shape index (κ2) is 10.8. The van der Waals surface area contributed by atoms with E-state index in [1.54, 1.807) is 30.7 Å². The number of rotatable bonds is 6. The van der Waals surface area contributed by atoms with E-state index < -0.39 is 10.0 Å². The lowest BCUT2D eigenvalue weighted by atomic mass is 10.1. The fourth-order valence-electron chi connectivity index (χ4n) is 4.10. The van der Waals surface area contributed by atoms with E-state index >= 15 is 0 Å². The summed E-state index contributed by atoms with van der Waals surface area (Å²) in [5, 5.41) is -0.275. The highest BCUT2D eigenvalue weighted by Crippen LogP contribution is 2.32. The minimum atomic E-state index is -3.31. The Kier molecular flexibility index (Phi) is 7.34. The molecule has 1 aliphatic carbocycles. The van der Waals surface area contributed by atoms with Crippen molar-refractivity contribution in [3.63, 3.8) is 0 Å². The Hall–Kier alpha value is -3.90. The second-order valence-electron chi connectivity index (χ2n) is 8.82. The molecule has 3 aromatic heterocycles. The third-order valence-electron chi connectivity index (χ3n) is 6.20. The molecule has 1 aliphatic heterocycles. The fraction of sp³-hybridized carbons (Fsp3) is 0.346. The lowest BCUT2D eigenvalue weighted by Gasteiger charge is -2.28. The van der Waals surface area contributed by atoms with Crippen LogP contribution in [0.1, 0.15) is 26.7 Å². The first kappa shape index (κ1) is 25.7. The maximum absolute atomic E-state index is 12.2. The summed E-state index contributed by atoms with van der Waals surface area (Å²) in [6.45, 7) is 6.62. The molecule has 4 aromatic rings. The molecule has 4 heterocycles. The number of aromatic nitrogens is 5. The number of nitrogen functional groups attached to an aromatic ring is 1. The minimum Gasteiger partial charge on any atom is -0.378 e. The number of fused-ring (bicyclic) bond motifs is 1. The Balaban J connectivity index is 0.00000144. The number of nitrogens with zero attached hydrogens (tertiary/aromatic N) is 6. The second-order valence-corrected chi connectivity index (χ2v) is 10.8. The Labute approximate surface area is 221 Å². The summed E-state index contributed by atoms with van der Waals surface area (Å²) in [5.74, 6) is 1.39. The summed E-state index contributed by atoms with van der Waals surface area (Å²) in [4.78, 5) is 24.6. The number of benzene rings is 1. The molecular formula is C26H30N8O3S. The van der Waals surface area contributed by atoms with Crippen molar-refractivity contribution < 1.29 is 13.2 Å². The number of pyridine rings is 1. The first-order chi connectivity index (χ1) is 18.5. The van der Waals surface area contributed by atoms with Crippen molar-refractivity contribution in [2.45, 2.75) is 31.9 Å². The average Bonchev–Trinajstić information content (AvgIpc) is 3.81. The van der Waals surface area contributed by atoms with Crippen molar-refractivity contribution in [3.05, 3.63) is 48.9 Å². The molecule has 0 spiro atoms. The van der Waals surface area contributed by atoms with Gasteiger partial charge in [0.2, 0.25) is 16.0 Å². The van der Waals surface area contributed by atoms with Gasteiger partial charge in [-0.3, -0.25) is 9.71 Å². The molecule has 1 saturated carbocycles. The minimum absolute atomic E-state index is 0.180. The SMILES string of the molecule is CC.Nc1ncc(-c2nc(N3CCOCC3)c3ncc(-c4ccc(NS(=O)(=O)C5CC5)cc4)cc3n2)cn1. The third-order valence-corrected chi connectivity index (χ3v) is 8.07. The number of ether oxygens (including phenoxy) is 1. The van der Waals surface area contributed by atoms with Crippen LogP contribution in [-0.4, -0.2) is 64.9 Å². The van der Waals surface area contributed by atoms with Gasteiger partial charge in [-0.15, -0.1) is 0 Å². The number of hydrogen-bond donors (Lipinski definition) is 2. The van der Waals surface area contributed by atoms with E-state index in [0.717, 1.165) is 29.8 Å². The molecule has 0 radical (unpaired) electrons. The summed E-state index contributed by atoms with van der Waals surface area (Å²) >= 11 is 0. The fourth-order valence-corrected chi connectivity index (χ4v) is 5.48. The standard InChI is InChI=1S/C24H24N8O3S.C2H6/c25-24-27-13-17(14-28-24)22-29-20-11-16(12-26-21(20)23(30-22)32-7-9-35-10-8-32)15-1-3-18(4-2-15)31-36(33,34)19-5-6-19;1-2/h1-4,11-14,19,31H,5-10H2,(H2,25,27,28);1-2H3. The molecule has 2 fully saturated rings. The third kappa shape index (κ3) is 5.50. The van der Waals surface area contributed by atoms with Crippen LogP contribution in [0.2, 0.25) is 0 Å². The molecule has 198 valence electrons. The van der Waals surface area contributed by atoms with Crippen LogP contribution in [0.4, 0.5) is 17.5 Å². The lowest BCUT2D eigenvalue weighted by molar-refractivity contribution is 0.122. The van der Waals surface area contributed by atoms with Crippen LogP contribution in [0.5, 0.6) is 0 Å². The van der Waals surface area contributed by atoms with Gasteiger partial charge in [-0.05, 0) is 36.6 Å². The zero-order valence-electron chi connectivity index (χ0n) is 21.3. The van der Waals surface area contributed by atoms with E-state index in [2.05, 4.69) is 19.6 Å². The highest BCUT2D eigenvalue weighted by atomic mass is 32.2. The quantitative estimate of drug-likeness (QED) is 0.376. The Bertz CT molecular complexity index is 1520. The van der Waals surface area contributed by atoms with Crippen LogP contribution in [0.3, 0.4) is 0 Å². The van der Waals surface area contributed by atoms with Gasteiger partial charge >= 0.3 is 0 Å². The molecule has 6 rings (SSSR count). The van der Waals surface area contributed by atoms with E-state index in [-0.39, 0.29) is 11.2 Å². The average molecular weight is 535 g/mol. The van der Waals surface area contributed by atoms with Crippen molar-refractivity contribution in [1.29, 1.82) is 0 Å². The molecule has 12 heteroatoms. The molecule has 0 bridgehead atoms. The van der Waals surface area contributed by atoms with Gasteiger partial charge in [-0.1, -0.05) is 26.0 Å². The highest BCUT2D eigenvalue weighted by molar-refractivity contribution is 7.93. The van der Waals surface area contributed by atoms with E-state index in [4.69, 9.17) is 25.4 Å². The summed E-state index contributed by atoms with van der Waals surface area (Å²) in [5.41, 5.74) is 9.96. The van der Waals surface area contributed by atoms with Gasteiger partial charge in [-0.25, -0.2) is 28.4 Å². The van der Waals surface area contributed by atoms with E-state index in [9.17, 15) is 8.42 Å². The monoisotopic (exact) mass is 534 g/mol. The van der Waals surface area contributed by atoms with Crippen molar-refractivity contribution >= 4 is 38.5 Å². The van der Waals surface area contributed by atoms with E-state index in [1.165, 1.54) is 0 Å². The topological polar surface area (TPSA) is 149 Å². The molecule has 38 heavy (non-hydrogen) atoms. The van der Waals surface area contributed by atoms with Crippen LogP contribution >= 0.6 is 0 Å². The van der Waals surface area contributed by atoms with Crippen molar-refractivity contribution in [1.82, 2.24) is 24.9 Å². The smallest absolute Gasteiger partial charge is 0.235 e. The number of morpholine rings is 1. The number of anilines is 3. The van der Waals surface area contributed by atoms with Gasteiger partial charge in [0, 0.05) is 42.9 Å². The Morgan fingerprint density at radius 1 is 0.921 bits per heavy atom. The zero-order chi connectivity index (χ0) is 26.7. The normalized spacial score (nSPS) is 15.6. The van der Waals surface area contributed by atoms with Crippen molar-refractivity contribution in [2.75, 3.05) is 41.7 Å². The molecular weight excluding hydrogens is 504 g/mol. The van der Waals surface area contributed by atoms with Crippen LogP contribution in [0.15, 0.2) is 48.9 Å². The predicted molar refractivity (Wildman–Crippen MR) is 148 cm³/mol. The van der Waals surface area contributed by atoms with Gasteiger partial charge in [0.05, 0.1) is 29.5 Å². The van der Waals surface area contributed by atoms with Crippen LogP contribution < -0.4 is 15.4 Å². The number of hydrogen-bond acceptors (Lipinski definition) is 10. The van der Waals surface area contributed by atoms with Gasteiger partial charge < -0.3 is 15.4 Å². The molecule has 2 aliphatic rings. The van der Waals surface area contributed by atoms with Crippen LogP contribution in [-0.2, 0) is 14.8 Å². The summed E-state index contributed by atoms with van der Waals surface area (Å²) in [6.07, 6.45) is 6.42. The summed E-state index contributed by atoms with van der Waals surface area (Å²) < 4.78 is 32.6. The van der Waals surface area contributed by atoms with Gasteiger partial charge in [-0.2, -0.15) is 0 Å². The van der Waals surface area contributed by atoms with Gasteiger partial charge in [0.15, 0.2) is 11.6 Å². The Morgan fingerprint density at radius 3 is 2.24 bits per heavy atom. The van der Waals surface area contributed by atoms with E-state index in [0.29, 0.717) is 54.4 Å². The molecule has 1 aromatic carbocycles. The molecule has 0 amide bonds. The summed E-state index contributed by atoms with van der Waals surface area (Å²) in [6, 6.07) is 9.21. The lowest BCUT2D eigenvalue weighted by Crippen LogP contribution is -2.37. The van der Waals surface area contributed by atoms with Gasteiger partial charge in [0.1, 0.15) is 5.52 Å². The number of nitrogens with one attached hydrogen (secondary N) is 1. The van der Waals surface area contributed by atoms with Crippen molar-refractivity contribution in [2.24, 2.45) is 0 Å². The molecule has 0 atom stereocenters. The van der Waals surface area contributed by atoms with Crippen molar-refractivity contribution in [3.8, 4) is 22.5 Å². The first-order valence-corrected chi connectivity index (χ1v) is 14.2. The molecule has 11 nitrogen and oxygen atoms in total. The zero-order valence-corrected chi connectivity index (χ0v) is 22.1. The molecule has 0 unspecified atom stereocenters. The number of sulfonamides is 1. The van der Waals surface area contributed by atoms with Crippen LogP contribution in [0.25, 0.3) is 33.5 Å². The van der Waals surface area contributed by atoms with Crippen LogP contribution in [0, 0.1) is 0 Å². The molecule has 3 N–H and O–H groups in total. The van der Waals surface area contributed by atoms with Gasteiger partial charge in [0.25, 0.3) is 0 Å². The molecule has 1 saturated heterocycles. The predicted octanol–water partition coefficient (Wildman–Crippen LogP) is 3.50. The van der Waals surface area contributed by atoms with E-state index in [1.807, 2.05) is 32.0 Å².